The molecule has 0 aliphatic carbocycles. The monoisotopic (exact) mass is 262 g/mol. The summed E-state index contributed by atoms with van der Waals surface area (Å²) in [5.41, 5.74) is 1.98. The Morgan fingerprint density at radius 2 is 2.11 bits per heavy atom. The Bertz CT molecular complexity index is 533. The number of hydrogen-bond acceptors (Lipinski definition) is 4. The van der Waals surface area contributed by atoms with Crippen molar-refractivity contribution >= 4 is 5.52 Å². The molecule has 0 aliphatic heterocycles. The van der Waals surface area contributed by atoms with Gasteiger partial charge in [0.25, 0.3) is 0 Å². The fourth-order valence-corrected chi connectivity index (χ4v) is 1.81. The second-order valence-corrected chi connectivity index (χ2v) is 5.24. The minimum absolute atomic E-state index is 0.398. The van der Waals surface area contributed by atoms with Crippen LogP contribution in [0.3, 0.4) is 0 Å². The predicted octanol–water partition coefficient (Wildman–Crippen LogP) is 2.23. The standard InChI is InChI=1S/C14H22N4O/c1-10(2)12-9-13-14(16-5-7-18(13)17-12)19-8-6-15-11(3)4/h5,7,9-11,15H,6,8H2,1-4H3. The molecule has 0 saturated heterocycles. The summed E-state index contributed by atoms with van der Waals surface area (Å²) in [6.07, 6.45) is 3.57. The van der Waals surface area contributed by atoms with Crippen molar-refractivity contribution in [1.29, 1.82) is 0 Å². The van der Waals surface area contributed by atoms with Gasteiger partial charge < -0.3 is 10.1 Å². The molecule has 0 atom stereocenters. The van der Waals surface area contributed by atoms with E-state index in [0.717, 1.165) is 17.8 Å². The summed E-state index contributed by atoms with van der Waals surface area (Å²) in [6.45, 7) is 9.90. The molecule has 0 aliphatic rings. The maximum Gasteiger partial charge on any atom is 0.240 e. The van der Waals surface area contributed by atoms with Gasteiger partial charge in [-0.05, 0) is 12.0 Å². The van der Waals surface area contributed by atoms with Crippen LogP contribution in [0.25, 0.3) is 5.52 Å². The van der Waals surface area contributed by atoms with E-state index in [9.17, 15) is 0 Å². The lowest BCUT2D eigenvalue weighted by molar-refractivity contribution is 0.300. The Hall–Kier alpha value is -1.62. The molecule has 2 aromatic heterocycles. The third kappa shape index (κ3) is 3.44. The zero-order valence-electron chi connectivity index (χ0n) is 12.1. The SMILES string of the molecule is CC(C)NCCOc1nccn2nc(C(C)C)cc12. The first-order valence-corrected chi connectivity index (χ1v) is 6.78. The van der Waals surface area contributed by atoms with E-state index < -0.39 is 0 Å². The molecule has 0 unspecified atom stereocenters. The minimum Gasteiger partial charge on any atom is -0.475 e. The molecule has 1 N–H and O–H groups in total. The van der Waals surface area contributed by atoms with Crippen molar-refractivity contribution in [2.24, 2.45) is 0 Å². The molecule has 5 nitrogen and oxygen atoms in total. The fourth-order valence-electron chi connectivity index (χ4n) is 1.81. The van der Waals surface area contributed by atoms with Crippen molar-refractivity contribution in [3.63, 3.8) is 0 Å². The second kappa shape index (κ2) is 6.02. The summed E-state index contributed by atoms with van der Waals surface area (Å²) in [6, 6.07) is 2.51. The van der Waals surface area contributed by atoms with E-state index in [1.54, 1.807) is 6.20 Å². The minimum atomic E-state index is 0.398. The van der Waals surface area contributed by atoms with Crippen LogP contribution in [0.15, 0.2) is 18.5 Å². The van der Waals surface area contributed by atoms with Gasteiger partial charge >= 0.3 is 0 Å². The molecule has 2 rings (SSSR count). The molecule has 0 bridgehead atoms. The number of fused-ring (bicyclic) bond motifs is 1. The zero-order valence-corrected chi connectivity index (χ0v) is 12.1. The van der Waals surface area contributed by atoms with Gasteiger partial charge in [0, 0.05) is 25.0 Å². The third-order valence-corrected chi connectivity index (χ3v) is 2.86. The van der Waals surface area contributed by atoms with E-state index in [1.165, 1.54) is 0 Å². The van der Waals surface area contributed by atoms with Crippen LogP contribution in [0.1, 0.15) is 39.3 Å². The molecule has 0 amide bonds. The normalized spacial score (nSPS) is 11.7. The Labute approximate surface area is 114 Å². The smallest absolute Gasteiger partial charge is 0.240 e. The topological polar surface area (TPSA) is 51.5 Å². The molecule has 0 aromatic carbocycles. The van der Waals surface area contributed by atoms with E-state index in [2.05, 4.69) is 43.1 Å². The summed E-state index contributed by atoms with van der Waals surface area (Å²) < 4.78 is 7.56. The van der Waals surface area contributed by atoms with Gasteiger partial charge in [-0.25, -0.2) is 9.50 Å². The molecular formula is C14H22N4O. The maximum atomic E-state index is 5.73. The summed E-state index contributed by atoms with van der Waals surface area (Å²) in [7, 11) is 0. The van der Waals surface area contributed by atoms with Gasteiger partial charge in [-0.1, -0.05) is 27.7 Å². The van der Waals surface area contributed by atoms with Gasteiger partial charge in [0.2, 0.25) is 5.88 Å². The summed E-state index contributed by atoms with van der Waals surface area (Å²) in [5.74, 6) is 1.04. The van der Waals surface area contributed by atoms with Crippen LogP contribution < -0.4 is 10.1 Å². The predicted molar refractivity (Wildman–Crippen MR) is 75.7 cm³/mol. The lowest BCUT2D eigenvalue weighted by Crippen LogP contribution is -2.27. The second-order valence-electron chi connectivity index (χ2n) is 5.24. The van der Waals surface area contributed by atoms with Gasteiger partial charge in [-0.3, -0.25) is 0 Å². The first-order valence-electron chi connectivity index (χ1n) is 6.78. The Morgan fingerprint density at radius 3 is 2.79 bits per heavy atom. The third-order valence-electron chi connectivity index (χ3n) is 2.86. The average molecular weight is 262 g/mol. The number of ether oxygens (including phenoxy) is 1. The van der Waals surface area contributed by atoms with Gasteiger partial charge in [-0.2, -0.15) is 5.10 Å². The van der Waals surface area contributed by atoms with Crippen LogP contribution in [0.2, 0.25) is 0 Å². The molecule has 2 heterocycles. The van der Waals surface area contributed by atoms with Gasteiger partial charge in [-0.15, -0.1) is 0 Å². The van der Waals surface area contributed by atoms with Crippen molar-refractivity contribution in [2.45, 2.75) is 39.7 Å². The van der Waals surface area contributed by atoms with Crippen molar-refractivity contribution < 1.29 is 4.74 Å². The number of aromatic nitrogens is 3. The fraction of sp³-hybridized carbons (Fsp3) is 0.571. The molecule has 0 fully saturated rings. The van der Waals surface area contributed by atoms with Crippen LogP contribution in [-0.2, 0) is 0 Å². The van der Waals surface area contributed by atoms with Crippen LogP contribution in [-0.4, -0.2) is 33.8 Å². The maximum absolute atomic E-state index is 5.73. The Balaban J connectivity index is 2.10. The highest BCUT2D eigenvalue weighted by Gasteiger charge is 2.10. The van der Waals surface area contributed by atoms with Crippen molar-refractivity contribution in [3.8, 4) is 5.88 Å². The first kappa shape index (κ1) is 13.8. The van der Waals surface area contributed by atoms with Crippen LogP contribution in [0.5, 0.6) is 5.88 Å². The Kier molecular flexibility index (Phi) is 4.37. The van der Waals surface area contributed by atoms with E-state index in [-0.39, 0.29) is 0 Å². The quantitative estimate of drug-likeness (QED) is 0.811. The van der Waals surface area contributed by atoms with E-state index >= 15 is 0 Å². The molecule has 5 heteroatoms. The summed E-state index contributed by atoms with van der Waals surface area (Å²) in [4.78, 5) is 4.29. The average Bonchev–Trinajstić information content (AvgIpc) is 2.79. The first-order chi connectivity index (χ1) is 9.08. The highest BCUT2D eigenvalue weighted by atomic mass is 16.5. The summed E-state index contributed by atoms with van der Waals surface area (Å²) >= 11 is 0. The van der Waals surface area contributed by atoms with E-state index in [1.807, 2.05) is 16.8 Å². The number of nitrogens with zero attached hydrogens (tertiary/aromatic N) is 3. The molecule has 19 heavy (non-hydrogen) atoms. The summed E-state index contributed by atoms with van der Waals surface area (Å²) in [5, 5.41) is 7.82. The van der Waals surface area contributed by atoms with E-state index in [0.29, 0.717) is 24.4 Å². The van der Waals surface area contributed by atoms with Crippen LogP contribution in [0.4, 0.5) is 0 Å². The largest absolute Gasteiger partial charge is 0.475 e. The van der Waals surface area contributed by atoms with Crippen LogP contribution in [0, 0.1) is 0 Å². The number of rotatable bonds is 6. The molecular weight excluding hydrogens is 240 g/mol. The highest BCUT2D eigenvalue weighted by molar-refractivity contribution is 5.56. The highest BCUT2D eigenvalue weighted by Crippen LogP contribution is 2.21. The van der Waals surface area contributed by atoms with Crippen molar-refractivity contribution in [2.75, 3.05) is 13.2 Å². The van der Waals surface area contributed by atoms with E-state index in [4.69, 9.17) is 4.74 Å². The van der Waals surface area contributed by atoms with Gasteiger partial charge in [0.15, 0.2) is 0 Å². The molecule has 0 saturated carbocycles. The number of hydrogen-bond donors (Lipinski definition) is 1. The number of nitrogens with one attached hydrogen (secondary N) is 1. The lowest BCUT2D eigenvalue weighted by atomic mass is 10.1. The Morgan fingerprint density at radius 1 is 1.32 bits per heavy atom. The molecule has 0 spiro atoms. The molecule has 0 radical (unpaired) electrons. The zero-order chi connectivity index (χ0) is 13.8. The van der Waals surface area contributed by atoms with Gasteiger partial charge in [0.1, 0.15) is 12.1 Å². The lowest BCUT2D eigenvalue weighted by Gasteiger charge is -2.09. The molecule has 104 valence electrons. The molecule has 2 aromatic rings. The van der Waals surface area contributed by atoms with Gasteiger partial charge in [0.05, 0.1) is 5.69 Å². The van der Waals surface area contributed by atoms with Crippen molar-refractivity contribution in [3.05, 3.63) is 24.2 Å². The van der Waals surface area contributed by atoms with Crippen LogP contribution >= 0.6 is 0 Å². The van der Waals surface area contributed by atoms with Crippen molar-refractivity contribution in [1.82, 2.24) is 19.9 Å².